The van der Waals surface area contributed by atoms with Gasteiger partial charge in [-0.3, -0.25) is 9.36 Å². The lowest BCUT2D eigenvalue weighted by molar-refractivity contribution is -0.119. The van der Waals surface area contributed by atoms with Gasteiger partial charge in [-0.2, -0.15) is 9.97 Å². The fourth-order valence-corrected chi connectivity index (χ4v) is 6.09. The summed E-state index contributed by atoms with van der Waals surface area (Å²) in [5.41, 5.74) is 1.01. The molecule has 2 saturated heterocycles. The number of rotatable bonds is 10. The van der Waals surface area contributed by atoms with E-state index in [2.05, 4.69) is 10.3 Å². The molecule has 3 aliphatic rings. The predicted octanol–water partition coefficient (Wildman–Crippen LogP) is 4.26. The molecule has 2 aromatic heterocycles. The molecule has 0 atom stereocenters. The number of halogens is 2. The summed E-state index contributed by atoms with van der Waals surface area (Å²) in [5.74, 6) is 1.28. The number of carbonyl (C=O) groups excluding carboxylic acids is 1. The molecule has 0 spiro atoms. The number of Topliss-reactive ketones (excluding diaryl/α,β-unsaturated/α-hetero) is 1. The largest absolute Gasteiger partial charge is 0.474 e. The molecule has 0 unspecified atom stereocenters. The lowest BCUT2D eigenvalue weighted by Crippen LogP contribution is -2.38. The number of nitrogens with one attached hydrogen (secondary N) is 1. The van der Waals surface area contributed by atoms with E-state index in [0.29, 0.717) is 79.9 Å². The van der Waals surface area contributed by atoms with Crippen molar-refractivity contribution in [2.45, 2.75) is 63.5 Å². The van der Waals surface area contributed by atoms with Crippen LogP contribution < -0.4 is 15.0 Å². The first kappa shape index (κ1) is 28.9. The van der Waals surface area contributed by atoms with E-state index in [1.165, 1.54) is 4.57 Å². The summed E-state index contributed by atoms with van der Waals surface area (Å²) in [5, 5.41) is 3.39. The molecule has 3 fully saturated rings. The van der Waals surface area contributed by atoms with Crippen molar-refractivity contribution in [3.05, 3.63) is 36.2 Å². The Hall–Kier alpha value is -3.22. The SMILES string of the molecule is O=C(CNC1CCOCC1)CC1CCC(Oc2cc(-n3c(C(F)F)nc4ccccc43)nc(N3CCOCC3)n2)CC1. The zero-order valence-electron chi connectivity index (χ0n) is 23.7. The van der Waals surface area contributed by atoms with Crippen LogP contribution in [0.2, 0.25) is 0 Å². The number of hydrogen-bond donors (Lipinski definition) is 1. The topological polar surface area (TPSA) is 104 Å². The van der Waals surface area contributed by atoms with E-state index >= 15 is 0 Å². The summed E-state index contributed by atoms with van der Waals surface area (Å²) in [7, 11) is 0. The summed E-state index contributed by atoms with van der Waals surface area (Å²) in [4.78, 5) is 28.2. The molecule has 1 aromatic carbocycles. The number of nitrogens with zero attached hydrogens (tertiary/aromatic N) is 5. The zero-order chi connectivity index (χ0) is 28.9. The second kappa shape index (κ2) is 13.4. The first-order chi connectivity index (χ1) is 20.5. The maximum absolute atomic E-state index is 14.1. The van der Waals surface area contributed by atoms with Gasteiger partial charge in [-0.1, -0.05) is 12.1 Å². The minimum Gasteiger partial charge on any atom is -0.474 e. The van der Waals surface area contributed by atoms with Crippen molar-refractivity contribution < 1.29 is 27.8 Å². The fourth-order valence-electron chi connectivity index (χ4n) is 6.09. The number of alkyl halides is 2. The van der Waals surface area contributed by atoms with Crippen LogP contribution in [0.1, 0.15) is 57.2 Å². The Bertz CT molecular complexity index is 1350. The lowest BCUT2D eigenvalue weighted by Gasteiger charge is -2.30. The minimum atomic E-state index is -2.78. The Morgan fingerprint density at radius 3 is 2.48 bits per heavy atom. The fraction of sp³-hybridized carbons (Fsp3) is 0.600. The molecule has 12 heteroatoms. The summed E-state index contributed by atoms with van der Waals surface area (Å²) in [6.07, 6.45) is 3.00. The van der Waals surface area contributed by atoms with Gasteiger partial charge >= 0.3 is 0 Å². The average molecular weight is 585 g/mol. The number of anilines is 1. The maximum atomic E-state index is 14.1. The van der Waals surface area contributed by atoms with Crippen LogP contribution in [-0.4, -0.2) is 83.5 Å². The van der Waals surface area contributed by atoms with Crippen molar-refractivity contribution in [2.24, 2.45) is 5.92 Å². The molecule has 3 aromatic rings. The number of benzene rings is 1. The Morgan fingerprint density at radius 2 is 1.71 bits per heavy atom. The Morgan fingerprint density at radius 1 is 0.976 bits per heavy atom. The normalized spacial score (nSPS) is 22.1. The minimum absolute atomic E-state index is 0.0777. The van der Waals surface area contributed by atoms with Gasteiger partial charge in [-0.25, -0.2) is 13.8 Å². The molecule has 1 saturated carbocycles. The lowest BCUT2D eigenvalue weighted by atomic mass is 9.84. The van der Waals surface area contributed by atoms with E-state index in [0.717, 1.165) is 51.7 Å². The van der Waals surface area contributed by atoms with Crippen molar-refractivity contribution in [2.75, 3.05) is 51.0 Å². The first-order valence-corrected chi connectivity index (χ1v) is 15.0. The summed E-state index contributed by atoms with van der Waals surface area (Å²) < 4.78 is 46.9. The number of aromatic nitrogens is 4. The molecule has 0 amide bonds. The van der Waals surface area contributed by atoms with Gasteiger partial charge < -0.3 is 24.4 Å². The van der Waals surface area contributed by atoms with Gasteiger partial charge in [-0.15, -0.1) is 0 Å². The van der Waals surface area contributed by atoms with Crippen LogP contribution >= 0.6 is 0 Å². The van der Waals surface area contributed by atoms with E-state index in [1.54, 1.807) is 30.3 Å². The van der Waals surface area contributed by atoms with E-state index in [-0.39, 0.29) is 17.7 Å². The van der Waals surface area contributed by atoms with Crippen molar-refractivity contribution >= 4 is 22.8 Å². The molecule has 0 bridgehead atoms. The number of hydrogen-bond acceptors (Lipinski definition) is 9. The van der Waals surface area contributed by atoms with Gasteiger partial charge in [0.1, 0.15) is 17.7 Å². The smallest absolute Gasteiger partial charge is 0.296 e. The second-order valence-corrected chi connectivity index (χ2v) is 11.3. The summed E-state index contributed by atoms with van der Waals surface area (Å²) >= 11 is 0. The van der Waals surface area contributed by atoms with Gasteiger partial charge in [0.2, 0.25) is 11.8 Å². The third-order valence-corrected chi connectivity index (χ3v) is 8.39. The van der Waals surface area contributed by atoms with Gasteiger partial charge in [0.05, 0.1) is 30.8 Å². The number of para-hydroxylation sites is 2. The average Bonchev–Trinajstić information content (AvgIpc) is 3.42. The zero-order valence-corrected chi connectivity index (χ0v) is 23.7. The van der Waals surface area contributed by atoms with Crippen LogP contribution in [0.4, 0.5) is 14.7 Å². The van der Waals surface area contributed by atoms with Crippen LogP contribution in [0.15, 0.2) is 30.3 Å². The number of carbonyl (C=O) groups is 1. The van der Waals surface area contributed by atoms with E-state index in [4.69, 9.17) is 24.2 Å². The van der Waals surface area contributed by atoms with Crippen LogP contribution in [0.25, 0.3) is 16.9 Å². The van der Waals surface area contributed by atoms with Crippen molar-refractivity contribution in [1.29, 1.82) is 0 Å². The van der Waals surface area contributed by atoms with Crippen LogP contribution in [-0.2, 0) is 14.3 Å². The quantitative estimate of drug-likeness (QED) is 0.375. The maximum Gasteiger partial charge on any atom is 0.296 e. The van der Waals surface area contributed by atoms with Gasteiger partial charge in [0.15, 0.2) is 5.82 Å². The predicted molar refractivity (Wildman–Crippen MR) is 152 cm³/mol. The van der Waals surface area contributed by atoms with Crippen LogP contribution in [0.5, 0.6) is 5.88 Å². The van der Waals surface area contributed by atoms with Crippen molar-refractivity contribution in [1.82, 2.24) is 24.8 Å². The molecule has 1 N–H and O–H groups in total. The third kappa shape index (κ3) is 6.87. The second-order valence-electron chi connectivity index (χ2n) is 11.3. The molecule has 6 rings (SSSR count). The van der Waals surface area contributed by atoms with Crippen molar-refractivity contribution in [3.63, 3.8) is 0 Å². The monoisotopic (exact) mass is 584 g/mol. The Kier molecular flexibility index (Phi) is 9.21. The number of ketones is 1. The highest BCUT2D eigenvalue weighted by Gasteiger charge is 2.27. The van der Waals surface area contributed by atoms with Gasteiger partial charge in [0, 0.05) is 44.8 Å². The Labute approximate surface area is 243 Å². The standard InChI is InChI=1S/C30H38F2N6O4/c31-28(32)29-34-24-3-1-2-4-25(24)38(29)26-18-27(36-30(35-26)37-11-15-41-16-12-37)42-23-7-5-20(6-8-23)17-22(39)19-33-21-9-13-40-14-10-21/h1-4,18,20-21,23,28,33H,5-17,19H2. The number of imidazole rings is 1. The van der Waals surface area contributed by atoms with Crippen LogP contribution in [0.3, 0.4) is 0 Å². The number of fused-ring (bicyclic) bond motifs is 1. The summed E-state index contributed by atoms with van der Waals surface area (Å²) in [6, 6.07) is 9.03. The molecule has 42 heavy (non-hydrogen) atoms. The number of morpholine rings is 1. The van der Waals surface area contributed by atoms with Gasteiger partial charge in [-0.05, 0) is 56.6 Å². The van der Waals surface area contributed by atoms with E-state index in [9.17, 15) is 13.6 Å². The summed E-state index contributed by atoms with van der Waals surface area (Å²) in [6.45, 7) is 4.18. The van der Waals surface area contributed by atoms with Crippen LogP contribution in [0, 0.1) is 5.92 Å². The Balaban J connectivity index is 1.15. The molecule has 1 aliphatic carbocycles. The third-order valence-electron chi connectivity index (χ3n) is 8.39. The highest BCUT2D eigenvalue weighted by Crippen LogP contribution is 2.32. The van der Waals surface area contributed by atoms with E-state index in [1.807, 2.05) is 4.90 Å². The van der Waals surface area contributed by atoms with Crippen molar-refractivity contribution in [3.8, 4) is 11.7 Å². The molecule has 0 radical (unpaired) electrons. The molecule has 2 aliphatic heterocycles. The molecule has 10 nitrogen and oxygen atoms in total. The van der Waals surface area contributed by atoms with Gasteiger partial charge in [0.25, 0.3) is 6.43 Å². The van der Waals surface area contributed by atoms with E-state index < -0.39 is 6.43 Å². The molecular weight excluding hydrogens is 546 g/mol. The first-order valence-electron chi connectivity index (χ1n) is 15.0. The molecular formula is C30H38F2N6O4. The molecule has 4 heterocycles. The molecule has 226 valence electrons. The highest BCUT2D eigenvalue weighted by molar-refractivity contribution is 5.80. The highest BCUT2D eigenvalue weighted by atomic mass is 19.3. The number of ether oxygens (including phenoxy) is 3.